The first-order chi connectivity index (χ1) is 12.1. The molecule has 1 saturated heterocycles. The molecule has 7 heteroatoms. The van der Waals surface area contributed by atoms with Crippen molar-refractivity contribution in [1.82, 2.24) is 19.7 Å². The van der Waals surface area contributed by atoms with Gasteiger partial charge in [-0.15, -0.1) is 10.2 Å². The summed E-state index contributed by atoms with van der Waals surface area (Å²) >= 11 is 1.38. The monoisotopic (exact) mass is 362 g/mol. The molecule has 134 valence electrons. The maximum Gasteiger partial charge on any atom is 0.235 e. The molecule has 1 aliphatic rings. The van der Waals surface area contributed by atoms with E-state index in [1.165, 1.54) is 30.7 Å². The van der Waals surface area contributed by atoms with Crippen molar-refractivity contribution in [2.75, 3.05) is 13.1 Å². The van der Waals surface area contributed by atoms with Gasteiger partial charge in [0.05, 0.1) is 10.8 Å². The Hall–Kier alpha value is -1.89. The summed E-state index contributed by atoms with van der Waals surface area (Å²) in [5.41, 5.74) is 0.413. The first-order valence-electron chi connectivity index (χ1n) is 8.67. The van der Waals surface area contributed by atoms with Crippen LogP contribution in [0.25, 0.3) is 11.4 Å². The molecule has 25 heavy (non-hydrogen) atoms. The van der Waals surface area contributed by atoms with Gasteiger partial charge in [0.25, 0.3) is 0 Å². The third-order valence-electron chi connectivity index (χ3n) is 4.50. The first-order valence-corrected chi connectivity index (χ1v) is 9.55. The highest BCUT2D eigenvalue weighted by Crippen LogP contribution is 2.28. The number of hydrogen-bond acceptors (Lipinski definition) is 4. The highest BCUT2D eigenvalue weighted by Gasteiger charge is 2.24. The maximum atomic E-state index is 14.0. The molecule has 1 aromatic carbocycles. The molecule has 5 nitrogen and oxygen atoms in total. The van der Waals surface area contributed by atoms with Crippen molar-refractivity contribution < 1.29 is 9.18 Å². The minimum Gasteiger partial charge on any atom is -0.342 e. The Labute approximate surface area is 151 Å². The van der Waals surface area contributed by atoms with Gasteiger partial charge >= 0.3 is 0 Å². The summed E-state index contributed by atoms with van der Waals surface area (Å²) in [7, 11) is 1.80. The molecule has 2 aromatic rings. The number of hydrogen-bond donors (Lipinski definition) is 0. The van der Waals surface area contributed by atoms with E-state index in [1.807, 2.05) is 11.8 Å². The van der Waals surface area contributed by atoms with E-state index in [9.17, 15) is 9.18 Å². The summed E-state index contributed by atoms with van der Waals surface area (Å²) in [6, 6.07) is 6.50. The molecule has 0 saturated carbocycles. The molecule has 1 aromatic heterocycles. The van der Waals surface area contributed by atoms with E-state index in [0.29, 0.717) is 16.5 Å². The van der Waals surface area contributed by atoms with Gasteiger partial charge in [0.1, 0.15) is 5.82 Å². The molecule has 3 rings (SSSR count). The number of nitrogens with zero attached hydrogens (tertiary/aromatic N) is 4. The Morgan fingerprint density at radius 1 is 1.16 bits per heavy atom. The zero-order valence-corrected chi connectivity index (χ0v) is 15.4. The van der Waals surface area contributed by atoms with Crippen LogP contribution in [0.3, 0.4) is 0 Å². The maximum absolute atomic E-state index is 14.0. The predicted octanol–water partition coefficient (Wildman–Crippen LogP) is 3.50. The molecule has 1 amide bonds. The lowest BCUT2D eigenvalue weighted by Gasteiger charge is -2.23. The van der Waals surface area contributed by atoms with Crippen LogP contribution in [0, 0.1) is 5.82 Å². The third-order valence-corrected chi connectivity index (χ3v) is 5.62. The molecule has 0 aliphatic carbocycles. The molecule has 0 spiro atoms. The fourth-order valence-electron chi connectivity index (χ4n) is 3.05. The number of aromatic nitrogens is 3. The van der Waals surface area contributed by atoms with Gasteiger partial charge in [-0.3, -0.25) is 4.79 Å². The molecule has 1 atom stereocenters. The lowest BCUT2D eigenvalue weighted by Crippen LogP contribution is -2.37. The Morgan fingerprint density at radius 3 is 2.52 bits per heavy atom. The second-order valence-electron chi connectivity index (χ2n) is 6.34. The molecule has 1 aliphatic heterocycles. The summed E-state index contributed by atoms with van der Waals surface area (Å²) in [6.07, 6.45) is 4.54. The van der Waals surface area contributed by atoms with Gasteiger partial charge in [0.2, 0.25) is 5.91 Å². The van der Waals surface area contributed by atoms with Crippen LogP contribution < -0.4 is 0 Å². The fraction of sp³-hybridized carbons (Fsp3) is 0.500. The lowest BCUT2D eigenvalue weighted by atomic mass is 10.2. The number of thioether (sulfide) groups is 1. The van der Waals surface area contributed by atoms with Crippen LogP contribution in [0.4, 0.5) is 4.39 Å². The van der Waals surface area contributed by atoms with Crippen molar-refractivity contribution >= 4 is 17.7 Å². The van der Waals surface area contributed by atoms with E-state index in [2.05, 4.69) is 10.2 Å². The molecule has 0 unspecified atom stereocenters. The number of benzene rings is 1. The minimum atomic E-state index is -0.330. The predicted molar refractivity (Wildman–Crippen MR) is 96.8 cm³/mol. The lowest BCUT2D eigenvalue weighted by molar-refractivity contribution is -0.130. The first kappa shape index (κ1) is 17.9. The number of likely N-dealkylation sites (tertiary alicyclic amines) is 1. The average molecular weight is 362 g/mol. The Balaban J connectivity index is 1.73. The smallest absolute Gasteiger partial charge is 0.235 e. The normalized spacial score (nSPS) is 16.5. The van der Waals surface area contributed by atoms with Crippen LogP contribution in [0.5, 0.6) is 0 Å². The number of carbonyl (C=O) groups excluding carboxylic acids is 1. The molecule has 1 fully saturated rings. The van der Waals surface area contributed by atoms with Crippen LogP contribution in [0.2, 0.25) is 0 Å². The number of rotatable bonds is 4. The number of halogens is 1. The quantitative estimate of drug-likeness (QED) is 0.781. The Morgan fingerprint density at radius 2 is 1.84 bits per heavy atom. The van der Waals surface area contributed by atoms with Crippen LogP contribution >= 0.6 is 11.8 Å². The van der Waals surface area contributed by atoms with Gasteiger partial charge < -0.3 is 9.47 Å². The highest BCUT2D eigenvalue weighted by atomic mass is 32.2. The van der Waals surface area contributed by atoms with Crippen LogP contribution in [0.15, 0.2) is 29.4 Å². The van der Waals surface area contributed by atoms with Crippen LogP contribution in [-0.4, -0.2) is 43.9 Å². The van der Waals surface area contributed by atoms with Crippen molar-refractivity contribution in [3.63, 3.8) is 0 Å². The molecule has 2 heterocycles. The fourth-order valence-corrected chi connectivity index (χ4v) is 3.95. The van der Waals surface area contributed by atoms with Gasteiger partial charge in [-0.05, 0) is 31.9 Å². The Bertz CT molecular complexity index is 740. The topological polar surface area (TPSA) is 51.0 Å². The summed E-state index contributed by atoms with van der Waals surface area (Å²) in [6.45, 7) is 3.57. The standard InChI is InChI=1S/C18H23FN4OS/c1-13(17(24)23-11-7-3-4-8-12-23)25-18-21-20-16(22(18)2)14-9-5-6-10-15(14)19/h5-6,9-10,13H,3-4,7-8,11-12H2,1-2H3/t13-/m1/s1. The minimum absolute atomic E-state index is 0.141. The van der Waals surface area contributed by atoms with Crippen LogP contribution in [-0.2, 0) is 11.8 Å². The highest BCUT2D eigenvalue weighted by molar-refractivity contribution is 8.00. The number of carbonyl (C=O) groups is 1. The molecule has 0 N–H and O–H groups in total. The molecule has 0 bridgehead atoms. The Kier molecular flexibility index (Phi) is 5.73. The van der Waals surface area contributed by atoms with Gasteiger partial charge in [0, 0.05) is 20.1 Å². The van der Waals surface area contributed by atoms with E-state index in [4.69, 9.17) is 0 Å². The zero-order chi connectivity index (χ0) is 17.8. The van der Waals surface area contributed by atoms with Crippen molar-refractivity contribution in [2.24, 2.45) is 7.05 Å². The van der Waals surface area contributed by atoms with E-state index in [0.717, 1.165) is 25.9 Å². The van der Waals surface area contributed by atoms with Gasteiger partial charge in [0.15, 0.2) is 11.0 Å². The second kappa shape index (κ2) is 7.99. The van der Waals surface area contributed by atoms with Gasteiger partial charge in [-0.1, -0.05) is 36.7 Å². The third kappa shape index (κ3) is 4.03. The summed E-state index contributed by atoms with van der Waals surface area (Å²) < 4.78 is 15.7. The van der Waals surface area contributed by atoms with Crippen molar-refractivity contribution in [1.29, 1.82) is 0 Å². The summed E-state index contributed by atoms with van der Waals surface area (Å²) in [4.78, 5) is 14.6. The van der Waals surface area contributed by atoms with Crippen molar-refractivity contribution in [3.05, 3.63) is 30.1 Å². The van der Waals surface area contributed by atoms with Crippen molar-refractivity contribution in [3.8, 4) is 11.4 Å². The largest absolute Gasteiger partial charge is 0.342 e. The zero-order valence-electron chi connectivity index (χ0n) is 14.6. The molecular weight excluding hydrogens is 339 g/mol. The number of amides is 1. The van der Waals surface area contributed by atoms with E-state index >= 15 is 0 Å². The second-order valence-corrected chi connectivity index (χ2v) is 7.65. The van der Waals surface area contributed by atoms with Crippen LogP contribution in [0.1, 0.15) is 32.6 Å². The molecular formula is C18H23FN4OS. The average Bonchev–Trinajstić information content (AvgIpc) is 2.81. The van der Waals surface area contributed by atoms with E-state index in [1.54, 1.807) is 29.8 Å². The van der Waals surface area contributed by atoms with Gasteiger partial charge in [-0.2, -0.15) is 0 Å². The van der Waals surface area contributed by atoms with Gasteiger partial charge in [-0.25, -0.2) is 4.39 Å². The van der Waals surface area contributed by atoms with E-state index in [-0.39, 0.29) is 17.0 Å². The SMILES string of the molecule is C[C@@H](Sc1nnc(-c2ccccc2F)n1C)C(=O)N1CCCCCC1. The summed E-state index contributed by atoms with van der Waals surface area (Å²) in [5, 5.41) is 8.65. The van der Waals surface area contributed by atoms with Crippen molar-refractivity contribution in [2.45, 2.75) is 43.0 Å². The van der Waals surface area contributed by atoms with E-state index < -0.39 is 0 Å². The summed E-state index contributed by atoms with van der Waals surface area (Å²) in [5.74, 6) is 0.278. The molecule has 0 radical (unpaired) electrons.